The van der Waals surface area contributed by atoms with Crippen LogP contribution in [0.15, 0.2) is 27.2 Å². The molecule has 0 aliphatic carbocycles. The van der Waals surface area contributed by atoms with Gasteiger partial charge in [-0.2, -0.15) is 8.42 Å². The van der Waals surface area contributed by atoms with Gasteiger partial charge >= 0.3 is 10.0 Å². The first kappa shape index (κ1) is 19.3. The smallest absolute Gasteiger partial charge is 0.335 e. The second-order valence-electron chi connectivity index (χ2n) is 6.82. The third-order valence-corrected chi connectivity index (χ3v) is 8.65. The lowest BCUT2D eigenvalue weighted by Gasteiger charge is -2.27. The molecular weight excluding hydrogens is 372 g/mol. The van der Waals surface area contributed by atoms with Crippen LogP contribution in [-0.2, 0) is 16.4 Å². The fourth-order valence-electron chi connectivity index (χ4n) is 3.45. The van der Waals surface area contributed by atoms with Crippen molar-refractivity contribution < 1.29 is 17.8 Å². The SMILES string of the molecule is CCc1cc(-c2ccc(S(=O)(=O)[NH+]3CCCC(CO)C3)s2)c(C)[nH]c1=O. The molecule has 0 spiro atoms. The number of hydrogen-bond donors (Lipinski definition) is 3. The quantitative estimate of drug-likeness (QED) is 0.701. The van der Waals surface area contributed by atoms with Gasteiger partial charge in [0.2, 0.25) is 0 Å². The van der Waals surface area contributed by atoms with Crippen LogP contribution in [0.5, 0.6) is 0 Å². The Morgan fingerprint density at radius 2 is 2.15 bits per heavy atom. The van der Waals surface area contributed by atoms with Crippen molar-refractivity contribution in [2.45, 2.75) is 37.3 Å². The monoisotopic (exact) mass is 397 g/mol. The number of nitrogens with one attached hydrogen (secondary N) is 2. The zero-order valence-corrected chi connectivity index (χ0v) is 16.7. The van der Waals surface area contributed by atoms with Gasteiger partial charge in [0.15, 0.2) is 4.21 Å². The van der Waals surface area contributed by atoms with E-state index in [2.05, 4.69) is 4.98 Å². The van der Waals surface area contributed by atoms with Crippen molar-refractivity contribution in [1.29, 1.82) is 0 Å². The molecule has 1 aliphatic rings. The molecule has 3 N–H and O–H groups in total. The number of rotatable bonds is 5. The molecule has 142 valence electrons. The summed E-state index contributed by atoms with van der Waals surface area (Å²) in [5.41, 5.74) is 2.21. The van der Waals surface area contributed by atoms with Gasteiger partial charge in [-0.3, -0.25) is 4.79 Å². The molecule has 1 saturated heterocycles. The van der Waals surface area contributed by atoms with Crippen molar-refractivity contribution in [2.75, 3.05) is 19.7 Å². The van der Waals surface area contributed by atoms with Crippen LogP contribution in [0, 0.1) is 12.8 Å². The minimum absolute atomic E-state index is 0.0328. The van der Waals surface area contributed by atoms with E-state index in [4.69, 9.17) is 0 Å². The van der Waals surface area contributed by atoms with Crippen LogP contribution in [0.1, 0.15) is 31.0 Å². The first-order valence-electron chi connectivity index (χ1n) is 8.90. The maximum Gasteiger partial charge on any atom is 0.335 e. The Morgan fingerprint density at radius 1 is 1.38 bits per heavy atom. The summed E-state index contributed by atoms with van der Waals surface area (Å²) in [5.74, 6) is 0.0431. The Bertz CT molecular complexity index is 946. The predicted molar refractivity (Wildman–Crippen MR) is 102 cm³/mol. The van der Waals surface area contributed by atoms with Crippen LogP contribution in [0.25, 0.3) is 10.4 Å². The molecule has 3 rings (SSSR count). The Labute approximate surface area is 157 Å². The van der Waals surface area contributed by atoms with Crippen LogP contribution in [0.2, 0.25) is 0 Å². The number of piperidine rings is 1. The molecule has 0 saturated carbocycles. The standard InChI is InChI=1S/C18H24N2O4S2/c1-3-14-9-15(12(2)19-18(14)22)16-6-7-17(25-16)26(23,24)20-8-4-5-13(10-20)11-21/h6-7,9,13,21H,3-5,8,10-11H2,1-2H3,(H,19,22)/p+1. The number of aromatic nitrogens is 1. The molecule has 2 atom stereocenters. The van der Waals surface area contributed by atoms with Gasteiger partial charge in [0.1, 0.15) is 0 Å². The Kier molecular flexibility index (Phi) is 5.67. The van der Waals surface area contributed by atoms with E-state index < -0.39 is 10.0 Å². The number of pyridine rings is 1. The largest absolute Gasteiger partial charge is 0.396 e. The Balaban J connectivity index is 1.94. The summed E-state index contributed by atoms with van der Waals surface area (Å²) in [4.78, 5) is 15.6. The summed E-state index contributed by atoms with van der Waals surface area (Å²) >= 11 is 1.24. The van der Waals surface area contributed by atoms with E-state index in [0.717, 1.165) is 29.0 Å². The van der Waals surface area contributed by atoms with Crippen molar-refractivity contribution in [3.8, 4) is 10.4 Å². The van der Waals surface area contributed by atoms with Gasteiger partial charge in [0, 0.05) is 27.6 Å². The van der Waals surface area contributed by atoms with Crippen molar-refractivity contribution in [3.63, 3.8) is 0 Å². The fraction of sp³-hybridized carbons (Fsp3) is 0.500. The number of aromatic amines is 1. The van der Waals surface area contributed by atoms with Crippen molar-refractivity contribution in [3.05, 3.63) is 39.8 Å². The van der Waals surface area contributed by atoms with Crippen LogP contribution in [-0.4, -0.2) is 38.2 Å². The lowest BCUT2D eigenvalue weighted by molar-refractivity contribution is -0.779. The van der Waals surface area contributed by atoms with Crippen LogP contribution in [0.3, 0.4) is 0 Å². The molecule has 2 aromatic heterocycles. The van der Waals surface area contributed by atoms with Crippen LogP contribution in [0.4, 0.5) is 0 Å². The van der Waals surface area contributed by atoms with E-state index in [0.29, 0.717) is 33.6 Å². The minimum atomic E-state index is -3.48. The second-order valence-corrected chi connectivity index (χ2v) is 10.2. The number of H-pyrrole nitrogens is 1. The summed E-state index contributed by atoms with van der Waals surface area (Å²) in [6, 6.07) is 5.32. The summed E-state index contributed by atoms with van der Waals surface area (Å²) in [5, 5.41) is 9.37. The minimum Gasteiger partial charge on any atom is -0.396 e. The van der Waals surface area contributed by atoms with E-state index in [-0.39, 0.29) is 18.1 Å². The highest BCUT2D eigenvalue weighted by atomic mass is 32.2. The van der Waals surface area contributed by atoms with E-state index in [1.165, 1.54) is 11.3 Å². The third-order valence-electron chi connectivity index (χ3n) is 5.03. The van der Waals surface area contributed by atoms with Crippen LogP contribution >= 0.6 is 11.3 Å². The average molecular weight is 398 g/mol. The van der Waals surface area contributed by atoms with Gasteiger partial charge in [-0.15, -0.1) is 11.3 Å². The summed E-state index contributed by atoms with van der Waals surface area (Å²) in [6.45, 7) is 4.80. The zero-order chi connectivity index (χ0) is 18.9. The zero-order valence-electron chi connectivity index (χ0n) is 15.0. The predicted octanol–water partition coefficient (Wildman–Crippen LogP) is 0.950. The second kappa shape index (κ2) is 7.64. The third kappa shape index (κ3) is 3.64. The molecule has 3 heterocycles. The molecular formula is C18H25N2O4S2+. The highest BCUT2D eigenvalue weighted by molar-refractivity contribution is 7.87. The number of aliphatic hydroxyl groups is 1. The lowest BCUT2D eigenvalue weighted by Crippen LogP contribution is -3.15. The highest BCUT2D eigenvalue weighted by Gasteiger charge is 2.35. The van der Waals surface area contributed by atoms with E-state index >= 15 is 0 Å². The molecule has 8 heteroatoms. The summed E-state index contributed by atoms with van der Waals surface area (Å²) in [7, 11) is -3.48. The number of aliphatic hydroxyl groups excluding tert-OH is 1. The first-order chi connectivity index (χ1) is 12.4. The molecule has 2 aromatic rings. The normalized spacial score (nSPS) is 21.0. The van der Waals surface area contributed by atoms with Crippen molar-refractivity contribution >= 4 is 21.4 Å². The van der Waals surface area contributed by atoms with Gasteiger partial charge < -0.3 is 10.1 Å². The molecule has 0 amide bonds. The van der Waals surface area contributed by atoms with Crippen molar-refractivity contribution in [1.82, 2.24) is 4.98 Å². The first-order valence-corrected chi connectivity index (χ1v) is 11.2. The summed E-state index contributed by atoms with van der Waals surface area (Å²) < 4.78 is 26.8. The number of hydrogen-bond acceptors (Lipinski definition) is 5. The fourth-order valence-corrected chi connectivity index (χ4v) is 6.72. The molecule has 6 nitrogen and oxygen atoms in total. The topological polar surface area (TPSA) is 91.7 Å². The van der Waals surface area contributed by atoms with E-state index in [1.807, 2.05) is 26.0 Å². The molecule has 0 aromatic carbocycles. The van der Waals surface area contributed by atoms with E-state index in [9.17, 15) is 18.3 Å². The lowest BCUT2D eigenvalue weighted by atomic mass is 10.0. The molecule has 1 aliphatic heterocycles. The van der Waals surface area contributed by atoms with Gasteiger partial charge in [0.05, 0.1) is 19.7 Å². The summed E-state index contributed by atoms with van der Waals surface area (Å²) in [6.07, 6.45) is 2.30. The maximum absolute atomic E-state index is 13.0. The molecule has 2 unspecified atom stereocenters. The molecule has 0 radical (unpaired) electrons. The Hall–Kier alpha value is -1.48. The van der Waals surface area contributed by atoms with Gasteiger partial charge in [-0.05, 0) is 44.4 Å². The average Bonchev–Trinajstić information content (AvgIpc) is 3.12. The number of quaternary nitrogens is 1. The molecule has 1 fully saturated rings. The van der Waals surface area contributed by atoms with Gasteiger partial charge in [-0.1, -0.05) is 6.92 Å². The van der Waals surface area contributed by atoms with Crippen molar-refractivity contribution in [2.24, 2.45) is 5.92 Å². The molecule has 0 bridgehead atoms. The van der Waals surface area contributed by atoms with Crippen LogP contribution < -0.4 is 9.86 Å². The maximum atomic E-state index is 13.0. The molecule has 26 heavy (non-hydrogen) atoms. The highest BCUT2D eigenvalue weighted by Crippen LogP contribution is 2.31. The number of thiophene rings is 1. The van der Waals surface area contributed by atoms with E-state index in [1.54, 1.807) is 6.07 Å². The van der Waals surface area contributed by atoms with Gasteiger partial charge in [0.25, 0.3) is 5.56 Å². The number of sulfonamides is 1. The van der Waals surface area contributed by atoms with Gasteiger partial charge in [-0.25, -0.2) is 4.31 Å². The number of aryl methyl sites for hydroxylation is 2. The Morgan fingerprint density at radius 3 is 2.85 bits per heavy atom.